The first-order valence-electron chi connectivity index (χ1n) is 4.44. The van der Waals surface area contributed by atoms with Gasteiger partial charge in [0.25, 0.3) is 0 Å². The van der Waals surface area contributed by atoms with Crippen molar-refractivity contribution in [3.8, 4) is 5.75 Å². The SMILES string of the molecule is CC(Cl)C(=O)c1ccc(OC(F)(F)F)cc1I. The highest BCUT2D eigenvalue weighted by atomic mass is 127. The van der Waals surface area contributed by atoms with Crippen molar-refractivity contribution in [2.45, 2.75) is 18.7 Å². The maximum Gasteiger partial charge on any atom is 0.573 e. The largest absolute Gasteiger partial charge is 0.573 e. The number of hydrogen-bond acceptors (Lipinski definition) is 2. The molecule has 0 N–H and O–H groups in total. The van der Waals surface area contributed by atoms with Gasteiger partial charge in [0.05, 0.1) is 5.38 Å². The second-order valence-electron chi connectivity index (χ2n) is 3.17. The summed E-state index contributed by atoms with van der Waals surface area (Å²) in [6.45, 7) is 1.50. The highest BCUT2D eigenvalue weighted by Crippen LogP contribution is 2.26. The van der Waals surface area contributed by atoms with Gasteiger partial charge in [0.2, 0.25) is 0 Å². The molecule has 94 valence electrons. The van der Waals surface area contributed by atoms with Crippen molar-refractivity contribution in [2.75, 3.05) is 0 Å². The number of carbonyl (C=O) groups excluding carboxylic acids is 1. The van der Waals surface area contributed by atoms with Gasteiger partial charge in [0, 0.05) is 9.13 Å². The highest BCUT2D eigenvalue weighted by molar-refractivity contribution is 14.1. The van der Waals surface area contributed by atoms with Crippen LogP contribution in [0.2, 0.25) is 0 Å². The summed E-state index contributed by atoms with van der Waals surface area (Å²) in [6, 6.07) is 3.49. The Balaban J connectivity index is 2.98. The third kappa shape index (κ3) is 4.34. The normalized spacial score (nSPS) is 13.3. The van der Waals surface area contributed by atoms with Crippen molar-refractivity contribution in [1.82, 2.24) is 0 Å². The minimum atomic E-state index is -4.74. The Morgan fingerprint density at radius 2 is 2.06 bits per heavy atom. The van der Waals surface area contributed by atoms with Crippen LogP contribution in [0.1, 0.15) is 17.3 Å². The summed E-state index contributed by atoms with van der Waals surface area (Å²) in [7, 11) is 0. The number of halogens is 5. The zero-order chi connectivity index (χ0) is 13.2. The Hall–Kier alpha value is -0.500. The van der Waals surface area contributed by atoms with E-state index in [1.807, 2.05) is 0 Å². The summed E-state index contributed by atoms with van der Waals surface area (Å²) >= 11 is 7.38. The van der Waals surface area contributed by atoms with Crippen LogP contribution in [0.5, 0.6) is 5.75 Å². The standard InChI is InChI=1S/C10H7ClF3IO2/c1-5(11)9(16)7-3-2-6(4-8(7)15)17-10(12,13)14/h2-5H,1H3. The van der Waals surface area contributed by atoms with Crippen LogP contribution in [0.4, 0.5) is 13.2 Å². The summed E-state index contributed by atoms with van der Waals surface area (Å²) in [4.78, 5) is 11.6. The zero-order valence-corrected chi connectivity index (χ0v) is 11.4. The van der Waals surface area contributed by atoms with Gasteiger partial charge in [0.1, 0.15) is 5.75 Å². The average Bonchev–Trinajstić information content (AvgIpc) is 2.14. The molecule has 0 aliphatic rings. The van der Waals surface area contributed by atoms with Gasteiger partial charge in [-0.1, -0.05) is 0 Å². The number of carbonyl (C=O) groups is 1. The second-order valence-corrected chi connectivity index (χ2v) is 4.99. The van der Waals surface area contributed by atoms with Gasteiger partial charge in [-0.2, -0.15) is 0 Å². The maximum absolute atomic E-state index is 11.9. The van der Waals surface area contributed by atoms with Crippen molar-refractivity contribution in [3.05, 3.63) is 27.3 Å². The van der Waals surface area contributed by atoms with Crippen molar-refractivity contribution >= 4 is 40.0 Å². The molecule has 7 heteroatoms. The molecule has 1 atom stereocenters. The van der Waals surface area contributed by atoms with E-state index in [0.29, 0.717) is 3.57 Å². The van der Waals surface area contributed by atoms with Crippen molar-refractivity contribution < 1.29 is 22.7 Å². The number of rotatable bonds is 3. The van der Waals surface area contributed by atoms with E-state index in [1.165, 1.54) is 13.0 Å². The minimum Gasteiger partial charge on any atom is -0.406 e. The molecule has 0 fully saturated rings. The molecule has 0 bridgehead atoms. The van der Waals surface area contributed by atoms with Gasteiger partial charge in [0.15, 0.2) is 5.78 Å². The van der Waals surface area contributed by atoms with Crippen LogP contribution in [0.15, 0.2) is 18.2 Å². The van der Waals surface area contributed by atoms with Gasteiger partial charge < -0.3 is 4.74 Å². The number of alkyl halides is 4. The highest BCUT2D eigenvalue weighted by Gasteiger charge is 2.31. The predicted octanol–water partition coefficient (Wildman–Crippen LogP) is 4.00. The monoisotopic (exact) mass is 378 g/mol. The van der Waals surface area contributed by atoms with E-state index < -0.39 is 11.7 Å². The Morgan fingerprint density at radius 1 is 1.47 bits per heavy atom. The van der Waals surface area contributed by atoms with Crippen LogP contribution in [0.3, 0.4) is 0 Å². The third-order valence-corrected chi connectivity index (χ3v) is 2.89. The molecular formula is C10H7ClF3IO2. The molecule has 0 aromatic heterocycles. The minimum absolute atomic E-state index is 0.280. The number of hydrogen-bond donors (Lipinski definition) is 0. The predicted molar refractivity (Wildman–Crippen MR) is 65.5 cm³/mol. The molecule has 17 heavy (non-hydrogen) atoms. The van der Waals surface area contributed by atoms with E-state index in [9.17, 15) is 18.0 Å². The van der Waals surface area contributed by atoms with Crippen LogP contribution >= 0.6 is 34.2 Å². The molecule has 0 aliphatic carbocycles. The molecule has 0 heterocycles. The summed E-state index contributed by atoms with van der Waals surface area (Å²) in [5.41, 5.74) is 0.280. The Kier molecular flexibility index (Phi) is 4.65. The fourth-order valence-corrected chi connectivity index (χ4v) is 1.98. The molecule has 0 saturated heterocycles. The van der Waals surface area contributed by atoms with E-state index in [-0.39, 0.29) is 17.1 Å². The molecule has 1 aromatic carbocycles. The fourth-order valence-electron chi connectivity index (χ4n) is 1.11. The molecule has 1 aromatic rings. The number of Topliss-reactive ketones (excluding diaryl/α,β-unsaturated/α-hetero) is 1. The summed E-state index contributed by atoms with van der Waals surface area (Å²) < 4.78 is 39.9. The van der Waals surface area contributed by atoms with E-state index in [4.69, 9.17) is 11.6 Å². The van der Waals surface area contributed by atoms with Gasteiger partial charge in [-0.3, -0.25) is 4.79 Å². The van der Waals surface area contributed by atoms with Crippen molar-refractivity contribution in [1.29, 1.82) is 0 Å². The second kappa shape index (κ2) is 5.43. The lowest BCUT2D eigenvalue weighted by Gasteiger charge is -2.11. The third-order valence-electron chi connectivity index (χ3n) is 1.80. The quantitative estimate of drug-likeness (QED) is 0.451. The van der Waals surface area contributed by atoms with Crippen molar-refractivity contribution in [2.24, 2.45) is 0 Å². The van der Waals surface area contributed by atoms with Gasteiger partial charge in [-0.25, -0.2) is 0 Å². The lowest BCUT2D eigenvalue weighted by molar-refractivity contribution is -0.274. The molecule has 1 rings (SSSR count). The maximum atomic E-state index is 11.9. The average molecular weight is 379 g/mol. The first kappa shape index (κ1) is 14.6. The lowest BCUT2D eigenvalue weighted by atomic mass is 10.1. The Bertz CT molecular complexity index is 432. The summed E-state index contributed by atoms with van der Waals surface area (Å²) in [6.07, 6.45) is -4.74. The molecule has 0 radical (unpaired) electrons. The van der Waals surface area contributed by atoms with E-state index >= 15 is 0 Å². The number of benzene rings is 1. The summed E-state index contributed by atoms with van der Waals surface area (Å²) in [5.74, 6) is -0.699. The van der Waals surface area contributed by atoms with Gasteiger partial charge in [-0.05, 0) is 47.7 Å². The topological polar surface area (TPSA) is 26.3 Å². The molecule has 1 unspecified atom stereocenters. The Morgan fingerprint density at radius 3 is 2.47 bits per heavy atom. The molecular weight excluding hydrogens is 371 g/mol. The van der Waals surface area contributed by atoms with Crippen LogP contribution in [0, 0.1) is 3.57 Å². The first-order chi connectivity index (χ1) is 7.70. The van der Waals surface area contributed by atoms with E-state index in [1.54, 1.807) is 22.6 Å². The molecule has 0 amide bonds. The van der Waals surface area contributed by atoms with Gasteiger partial charge >= 0.3 is 6.36 Å². The smallest absolute Gasteiger partial charge is 0.406 e. The molecule has 0 saturated carbocycles. The van der Waals surface area contributed by atoms with E-state index in [0.717, 1.165) is 12.1 Å². The van der Waals surface area contributed by atoms with Crippen LogP contribution in [0.25, 0.3) is 0 Å². The van der Waals surface area contributed by atoms with Gasteiger partial charge in [-0.15, -0.1) is 24.8 Å². The molecule has 2 nitrogen and oxygen atoms in total. The Labute approximate surface area is 114 Å². The van der Waals surface area contributed by atoms with Crippen LogP contribution in [-0.4, -0.2) is 17.5 Å². The molecule has 0 aliphatic heterocycles. The fraction of sp³-hybridized carbons (Fsp3) is 0.300. The summed E-state index contributed by atoms with van der Waals surface area (Å²) in [5, 5.41) is -0.724. The number of ether oxygens (including phenoxy) is 1. The van der Waals surface area contributed by atoms with Crippen LogP contribution in [-0.2, 0) is 0 Å². The zero-order valence-electron chi connectivity index (χ0n) is 8.52. The van der Waals surface area contributed by atoms with Crippen LogP contribution < -0.4 is 4.74 Å². The lowest BCUT2D eigenvalue weighted by Crippen LogP contribution is -2.18. The van der Waals surface area contributed by atoms with Crippen molar-refractivity contribution in [3.63, 3.8) is 0 Å². The van der Waals surface area contributed by atoms with E-state index in [2.05, 4.69) is 4.74 Å². The number of ketones is 1. The first-order valence-corrected chi connectivity index (χ1v) is 5.96. The molecule has 0 spiro atoms.